The van der Waals surface area contributed by atoms with E-state index < -0.39 is 0 Å². The first-order valence-electron chi connectivity index (χ1n) is 7.23. The van der Waals surface area contributed by atoms with Gasteiger partial charge in [0.25, 0.3) is 0 Å². The molecule has 0 radical (unpaired) electrons. The molecule has 1 aliphatic carbocycles. The van der Waals surface area contributed by atoms with Gasteiger partial charge in [-0.2, -0.15) is 5.26 Å². The monoisotopic (exact) mass is 270 g/mol. The maximum absolute atomic E-state index is 12.8. The second-order valence-electron chi connectivity index (χ2n) is 6.35. The van der Waals surface area contributed by atoms with Crippen LogP contribution < -0.4 is 4.90 Å². The molecule has 1 aliphatic rings. The zero-order chi connectivity index (χ0) is 14.8. The summed E-state index contributed by atoms with van der Waals surface area (Å²) in [6, 6.07) is 9.35. The fraction of sp³-hybridized carbons (Fsp3) is 0.529. The number of hydrogen-bond acceptors (Lipinski definition) is 2. The Balaban J connectivity index is 2.21. The van der Waals surface area contributed by atoms with Crippen LogP contribution in [-0.4, -0.2) is 13.0 Å². The van der Waals surface area contributed by atoms with Crippen molar-refractivity contribution in [3.8, 4) is 6.07 Å². The van der Waals surface area contributed by atoms with Crippen molar-refractivity contribution in [2.75, 3.05) is 11.9 Å². The van der Waals surface area contributed by atoms with E-state index >= 15 is 0 Å². The maximum Gasteiger partial charge on any atom is 0.230 e. The molecule has 0 saturated heterocycles. The number of nitrogens with zero attached hydrogens (tertiary/aromatic N) is 2. The largest absolute Gasteiger partial charge is 0.315 e. The van der Waals surface area contributed by atoms with E-state index in [9.17, 15) is 4.79 Å². The summed E-state index contributed by atoms with van der Waals surface area (Å²) in [5.74, 6) is 0.247. The predicted molar refractivity (Wildman–Crippen MR) is 80.3 cm³/mol. The third kappa shape index (κ3) is 2.85. The Morgan fingerprint density at radius 2 is 2.15 bits per heavy atom. The molecule has 0 spiro atoms. The van der Waals surface area contributed by atoms with Crippen LogP contribution in [0.15, 0.2) is 24.3 Å². The molecule has 0 N–H and O–H groups in total. The number of carbonyl (C=O) groups is 1. The second kappa shape index (κ2) is 5.66. The molecule has 1 aromatic carbocycles. The number of amides is 1. The van der Waals surface area contributed by atoms with Gasteiger partial charge in [-0.25, -0.2) is 0 Å². The molecule has 1 aromatic rings. The van der Waals surface area contributed by atoms with E-state index in [-0.39, 0.29) is 17.2 Å². The molecule has 0 aromatic heterocycles. The highest BCUT2D eigenvalue weighted by Crippen LogP contribution is 2.41. The highest BCUT2D eigenvalue weighted by molar-refractivity contribution is 5.95. The molecule has 0 aliphatic heterocycles. The van der Waals surface area contributed by atoms with Crippen molar-refractivity contribution >= 4 is 11.6 Å². The third-order valence-corrected chi connectivity index (χ3v) is 4.50. The van der Waals surface area contributed by atoms with Crippen LogP contribution in [0.4, 0.5) is 5.69 Å². The molecule has 1 amide bonds. The van der Waals surface area contributed by atoms with Crippen molar-refractivity contribution in [3.05, 3.63) is 29.8 Å². The number of anilines is 1. The predicted octanol–water partition coefficient (Wildman–Crippen LogP) is 3.74. The molecule has 3 nitrogen and oxygen atoms in total. The van der Waals surface area contributed by atoms with Crippen LogP contribution in [0.5, 0.6) is 0 Å². The van der Waals surface area contributed by atoms with Crippen LogP contribution in [0.25, 0.3) is 0 Å². The van der Waals surface area contributed by atoms with Gasteiger partial charge in [-0.15, -0.1) is 0 Å². The van der Waals surface area contributed by atoms with Crippen molar-refractivity contribution in [1.29, 1.82) is 5.26 Å². The lowest BCUT2D eigenvalue weighted by atomic mass is 9.68. The third-order valence-electron chi connectivity index (χ3n) is 4.50. The van der Waals surface area contributed by atoms with E-state index in [1.807, 2.05) is 19.2 Å². The standard InChI is InChI=1S/C17H22N2O/c1-17(2)10-5-4-9-15(17)16(20)19(3)14-8-6-7-13(11-14)12-18/h6-8,11,15H,4-5,9-10H2,1-3H3. The fourth-order valence-electron chi connectivity index (χ4n) is 3.10. The van der Waals surface area contributed by atoms with Crippen LogP contribution >= 0.6 is 0 Å². The van der Waals surface area contributed by atoms with Gasteiger partial charge in [0.15, 0.2) is 0 Å². The molecule has 106 valence electrons. The summed E-state index contributed by atoms with van der Waals surface area (Å²) < 4.78 is 0. The van der Waals surface area contributed by atoms with Crippen molar-refractivity contribution in [2.45, 2.75) is 39.5 Å². The molecule has 1 unspecified atom stereocenters. The Morgan fingerprint density at radius 3 is 2.80 bits per heavy atom. The van der Waals surface area contributed by atoms with E-state index in [0.717, 1.165) is 24.9 Å². The minimum atomic E-state index is 0.0659. The molecule has 2 rings (SSSR count). The average Bonchev–Trinajstić information content (AvgIpc) is 2.45. The Hall–Kier alpha value is -1.82. The van der Waals surface area contributed by atoms with Gasteiger partial charge in [-0.1, -0.05) is 32.8 Å². The summed E-state index contributed by atoms with van der Waals surface area (Å²) in [4.78, 5) is 14.5. The number of rotatable bonds is 2. The molecule has 1 saturated carbocycles. The van der Waals surface area contributed by atoms with Crippen LogP contribution in [0, 0.1) is 22.7 Å². The smallest absolute Gasteiger partial charge is 0.230 e. The molecular weight excluding hydrogens is 248 g/mol. The normalized spacial score (nSPS) is 21.0. The minimum absolute atomic E-state index is 0.0659. The first-order chi connectivity index (χ1) is 9.45. The first kappa shape index (κ1) is 14.6. The minimum Gasteiger partial charge on any atom is -0.315 e. The number of nitriles is 1. The van der Waals surface area contributed by atoms with Crippen LogP contribution in [-0.2, 0) is 4.79 Å². The number of carbonyl (C=O) groups excluding carboxylic acids is 1. The topological polar surface area (TPSA) is 44.1 Å². The van der Waals surface area contributed by atoms with Gasteiger partial charge in [-0.05, 0) is 36.5 Å². The lowest BCUT2D eigenvalue weighted by molar-refractivity contribution is -0.127. The molecular formula is C17H22N2O. The van der Waals surface area contributed by atoms with Gasteiger partial charge in [0.05, 0.1) is 11.6 Å². The van der Waals surface area contributed by atoms with Gasteiger partial charge in [0.1, 0.15) is 0 Å². The maximum atomic E-state index is 12.8. The molecule has 0 heterocycles. The summed E-state index contributed by atoms with van der Waals surface area (Å²) in [7, 11) is 1.81. The summed E-state index contributed by atoms with van der Waals surface area (Å²) in [5.41, 5.74) is 1.46. The lowest BCUT2D eigenvalue weighted by Gasteiger charge is -2.39. The van der Waals surface area contributed by atoms with Gasteiger partial charge in [0.2, 0.25) is 5.91 Å². The summed E-state index contributed by atoms with van der Waals surface area (Å²) in [6.07, 6.45) is 4.42. The number of hydrogen-bond donors (Lipinski definition) is 0. The summed E-state index contributed by atoms with van der Waals surface area (Å²) in [6.45, 7) is 4.38. The van der Waals surface area contributed by atoms with Crippen LogP contribution in [0.2, 0.25) is 0 Å². The van der Waals surface area contributed by atoms with Crippen molar-refractivity contribution in [3.63, 3.8) is 0 Å². The number of benzene rings is 1. The van der Waals surface area contributed by atoms with Crippen molar-refractivity contribution in [1.82, 2.24) is 0 Å². The summed E-state index contributed by atoms with van der Waals surface area (Å²) in [5, 5.41) is 8.96. The van der Waals surface area contributed by atoms with Gasteiger partial charge in [0, 0.05) is 18.7 Å². The summed E-state index contributed by atoms with van der Waals surface area (Å²) >= 11 is 0. The lowest BCUT2D eigenvalue weighted by Crippen LogP contribution is -2.42. The van der Waals surface area contributed by atoms with E-state index in [4.69, 9.17) is 5.26 Å². The molecule has 1 atom stereocenters. The Bertz CT molecular complexity index is 542. The highest BCUT2D eigenvalue weighted by Gasteiger charge is 2.38. The van der Waals surface area contributed by atoms with Crippen LogP contribution in [0.3, 0.4) is 0 Å². The van der Waals surface area contributed by atoms with Crippen LogP contribution in [0.1, 0.15) is 45.1 Å². The van der Waals surface area contributed by atoms with E-state index in [1.165, 1.54) is 6.42 Å². The molecule has 3 heteroatoms. The second-order valence-corrected chi connectivity index (χ2v) is 6.35. The van der Waals surface area contributed by atoms with E-state index in [2.05, 4.69) is 19.9 Å². The van der Waals surface area contributed by atoms with E-state index in [1.54, 1.807) is 17.0 Å². The van der Waals surface area contributed by atoms with Gasteiger partial charge >= 0.3 is 0 Å². The molecule has 20 heavy (non-hydrogen) atoms. The van der Waals surface area contributed by atoms with Gasteiger partial charge < -0.3 is 4.90 Å². The molecule has 0 bridgehead atoms. The first-order valence-corrected chi connectivity index (χ1v) is 7.23. The average molecular weight is 270 g/mol. The quantitative estimate of drug-likeness (QED) is 0.821. The van der Waals surface area contributed by atoms with E-state index in [0.29, 0.717) is 5.56 Å². The Labute approximate surface area is 121 Å². The van der Waals surface area contributed by atoms with Crippen molar-refractivity contribution in [2.24, 2.45) is 11.3 Å². The fourth-order valence-corrected chi connectivity index (χ4v) is 3.10. The Morgan fingerprint density at radius 1 is 1.40 bits per heavy atom. The zero-order valence-electron chi connectivity index (χ0n) is 12.5. The van der Waals surface area contributed by atoms with Crippen molar-refractivity contribution < 1.29 is 4.79 Å². The Kier molecular flexibility index (Phi) is 4.13. The molecule has 1 fully saturated rings. The zero-order valence-corrected chi connectivity index (χ0v) is 12.5. The SMILES string of the molecule is CN(C(=O)C1CCCCC1(C)C)c1cccc(C#N)c1. The van der Waals surface area contributed by atoms with Gasteiger partial charge in [-0.3, -0.25) is 4.79 Å². The highest BCUT2D eigenvalue weighted by atomic mass is 16.2.